The smallest absolute Gasteiger partial charge is 0.301 e. The molecule has 1 unspecified atom stereocenters. The van der Waals surface area contributed by atoms with Crippen LogP contribution in [0.4, 0.5) is 5.13 Å². The summed E-state index contributed by atoms with van der Waals surface area (Å²) in [7, 11) is 1.50. The number of thioether (sulfide) groups is 1. The monoisotopic (exact) mass is 690 g/mol. The van der Waals surface area contributed by atoms with E-state index in [9.17, 15) is 14.7 Å². The summed E-state index contributed by atoms with van der Waals surface area (Å²) < 4.78 is 12.2. The molecule has 1 aliphatic heterocycles. The first kappa shape index (κ1) is 31.6. The second-order valence-electron chi connectivity index (χ2n) is 9.96. The number of hydrogen-bond acceptors (Lipinski definition) is 10. The van der Waals surface area contributed by atoms with Gasteiger partial charge in [-0.3, -0.25) is 19.5 Å². The Hall–Kier alpha value is -4.42. The average Bonchev–Trinajstić information content (AvgIpc) is 3.65. The Kier molecular flexibility index (Phi) is 9.55. The molecule has 13 heteroatoms. The molecule has 1 amide bonds. The molecule has 9 nitrogen and oxygen atoms in total. The van der Waals surface area contributed by atoms with E-state index < -0.39 is 17.7 Å². The van der Waals surface area contributed by atoms with Crippen molar-refractivity contribution in [2.24, 2.45) is 0 Å². The summed E-state index contributed by atoms with van der Waals surface area (Å²) in [5.41, 5.74) is 2.56. The molecule has 0 bridgehead atoms. The molecule has 2 aromatic heterocycles. The van der Waals surface area contributed by atoms with Gasteiger partial charge in [-0.1, -0.05) is 88.8 Å². The highest BCUT2D eigenvalue weighted by atomic mass is 35.5. The molecular formula is C33H24Cl2N4O5S2. The van der Waals surface area contributed by atoms with Gasteiger partial charge in [0.25, 0.3) is 5.78 Å². The van der Waals surface area contributed by atoms with Crippen LogP contribution in [0.15, 0.2) is 101 Å². The Morgan fingerprint density at radius 1 is 0.978 bits per heavy atom. The second kappa shape index (κ2) is 13.9. The van der Waals surface area contributed by atoms with Crippen molar-refractivity contribution in [1.82, 2.24) is 15.2 Å². The van der Waals surface area contributed by atoms with Crippen molar-refractivity contribution in [2.45, 2.75) is 22.7 Å². The lowest BCUT2D eigenvalue weighted by atomic mass is 9.95. The van der Waals surface area contributed by atoms with E-state index in [-0.39, 0.29) is 16.5 Å². The maximum absolute atomic E-state index is 13.6. The zero-order chi connectivity index (χ0) is 32.2. The second-order valence-corrected chi connectivity index (χ2v) is 13.0. The van der Waals surface area contributed by atoms with E-state index in [1.807, 2.05) is 36.4 Å². The van der Waals surface area contributed by atoms with Crippen molar-refractivity contribution in [2.75, 3.05) is 12.0 Å². The quantitative estimate of drug-likeness (QED) is 0.0516. The van der Waals surface area contributed by atoms with Gasteiger partial charge < -0.3 is 14.6 Å². The fourth-order valence-corrected chi connectivity index (χ4v) is 7.28. The number of ether oxygens (including phenoxy) is 2. The van der Waals surface area contributed by atoms with Crippen LogP contribution in [0.5, 0.6) is 11.5 Å². The summed E-state index contributed by atoms with van der Waals surface area (Å²) in [6.45, 7) is 0.309. The Morgan fingerprint density at radius 3 is 2.50 bits per heavy atom. The number of pyridine rings is 1. The largest absolute Gasteiger partial charge is 0.507 e. The van der Waals surface area contributed by atoms with Gasteiger partial charge in [-0.25, -0.2) is 0 Å². The number of aromatic nitrogens is 3. The molecular weight excluding hydrogens is 667 g/mol. The first-order chi connectivity index (χ1) is 22.3. The minimum atomic E-state index is -1.04. The molecule has 0 spiro atoms. The number of hydrogen-bond donors (Lipinski definition) is 1. The zero-order valence-corrected chi connectivity index (χ0v) is 27.2. The van der Waals surface area contributed by atoms with Gasteiger partial charge in [0, 0.05) is 33.8 Å². The van der Waals surface area contributed by atoms with E-state index in [0.717, 1.165) is 22.5 Å². The van der Waals surface area contributed by atoms with Crippen molar-refractivity contribution >= 4 is 68.9 Å². The standard InChI is InChI=1S/C33H24Cl2N4O5S2/c1-43-26-15-21(8-10-25(26)44-17-19-5-3-2-4-6-19)28-27(29(40)20-11-13-36-14-12-20)30(41)31(42)39(28)32-37-38-33(46-32)45-18-22-7-9-23(34)16-24(22)35/h2-16,28,40H,17-18H2,1H3/b29-27+. The number of ketones is 1. The van der Waals surface area contributed by atoms with Crippen molar-refractivity contribution < 1.29 is 24.2 Å². The van der Waals surface area contributed by atoms with Crippen LogP contribution in [0.2, 0.25) is 10.0 Å². The lowest BCUT2D eigenvalue weighted by Crippen LogP contribution is -2.29. The minimum absolute atomic E-state index is 0.103. The number of carbonyl (C=O) groups is 2. The summed E-state index contributed by atoms with van der Waals surface area (Å²) in [5, 5.41) is 21.2. The first-order valence-corrected chi connectivity index (χ1v) is 16.4. The van der Waals surface area contributed by atoms with E-state index in [0.29, 0.717) is 49.4 Å². The predicted molar refractivity (Wildman–Crippen MR) is 179 cm³/mol. The van der Waals surface area contributed by atoms with Crippen LogP contribution in [-0.2, 0) is 21.9 Å². The third kappa shape index (κ3) is 6.59. The Labute approximate surface area is 282 Å². The summed E-state index contributed by atoms with van der Waals surface area (Å²) in [6.07, 6.45) is 2.98. The number of halogens is 2. The molecule has 3 aromatic carbocycles. The van der Waals surface area contributed by atoms with Gasteiger partial charge >= 0.3 is 5.91 Å². The third-order valence-corrected chi connectivity index (χ3v) is 9.80. The SMILES string of the molecule is COc1cc(C2/C(=C(\O)c3ccncc3)C(=O)C(=O)N2c2nnc(SCc3ccc(Cl)cc3Cl)s2)ccc1OCc1ccccc1. The minimum Gasteiger partial charge on any atom is -0.507 e. The van der Waals surface area contributed by atoms with Crippen LogP contribution >= 0.6 is 46.3 Å². The molecule has 232 valence electrons. The van der Waals surface area contributed by atoms with Gasteiger partial charge in [0.05, 0.1) is 18.7 Å². The topological polar surface area (TPSA) is 115 Å². The number of rotatable bonds is 10. The van der Waals surface area contributed by atoms with E-state index in [4.69, 9.17) is 32.7 Å². The molecule has 1 aliphatic rings. The maximum atomic E-state index is 13.6. The number of aliphatic hydroxyl groups is 1. The van der Waals surface area contributed by atoms with Gasteiger partial charge in [0.15, 0.2) is 15.8 Å². The highest BCUT2D eigenvalue weighted by Gasteiger charge is 2.48. The number of methoxy groups -OCH3 is 1. The van der Waals surface area contributed by atoms with Gasteiger partial charge in [0.2, 0.25) is 5.13 Å². The molecule has 0 saturated carbocycles. The lowest BCUT2D eigenvalue weighted by Gasteiger charge is -2.23. The molecule has 0 radical (unpaired) electrons. The highest BCUT2D eigenvalue weighted by molar-refractivity contribution is 8.00. The Bertz CT molecular complexity index is 1940. The molecule has 3 heterocycles. The van der Waals surface area contributed by atoms with Gasteiger partial charge in [-0.15, -0.1) is 10.2 Å². The molecule has 5 aromatic rings. The zero-order valence-electron chi connectivity index (χ0n) is 24.1. The maximum Gasteiger partial charge on any atom is 0.301 e. The molecule has 0 aliphatic carbocycles. The van der Waals surface area contributed by atoms with Crippen LogP contribution in [0.1, 0.15) is 28.3 Å². The Morgan fingerprint density at radius 2 is 1.76 bits per heavy atom. The van der Waals surface area contributed by atoms with Crippen molar-refractivity contribution in [3.05, 3.63) is 129 Å². The van der Waals surface area contributed by atoms with E-state index in [2.05, 4.69) is 15.2 Å². The molecule has 46 heavy (non-hydrogen) atoms. The van der Waals surface area contributed by atoms with Crippen molar-refractivity contribution in [3.63, 3.8) is 0 Å². The summed E-state index contributed by atoms with van der Waals surface area (Å²) in [6, 6.07) is 22.1. The van der Waals surface area contributed by atoms with Crippen LogP contribution < -0.4 is 14.4 Å². The highest BCUT2D eigenvalue weighted by Crippen LogP contribution is 2.45. The number of anilines is 1. The summed E-state index contributed by atoms with van der Waals surface area (Å²) in [5.74, 6) is -0.713. The predicted octanol–water partition coefficient (Wildman–Crippen LogP) is 7.75. The van der Waals surface area contributed by atoms with Crippen LogP contribution in [0, 0.1) is 0 Å². The number of carbonyl (C=O) groups excluding carboxylic acids is 2. The number of benzene rings is 3. The van der Waals surface area contributed by atoms with Gasteiger partial charge in [-0.05, 0) is 53.1 Å². The summed E-state index contributed by atoms with van der Waals surface area (Å²) >= 11 is 14.9. The molecule has 1 atom stereocenters. The lowest BCUT2D eigenvalue weighted by molar-refractivity contribution is -0.132. The molecule has 6 rings (SSSR count). The van der Waals surface area contributed by atoms with E-state index in [1.54, 1.807) is 42.5 Å². The van der Waals surface area contributed by atoms with E-state index in [1.165, 1.54) is 36.2 Å². The number of aliphatic hydroxyl groups excluding tert-OH is 1. The average molecular weight is 692 g/mol. The molecule has 1 saturated heterocycles. The van der Waals surface area contributed by atoms with Crippen molar-refractivity contribution in [3.8, 4) is 11.5 Å². The normalized spacial score (nSPS) is 15.7. The number of amides is 1. The first-order valence-electron chi connectivity index (χ1n) is 13.8. The fraction of sp³-hybridized carbons (Fsp3) is 0.121. The molecule has 1 N–H and O–H groups in total. The third-order valence-electron chi connectivity index (χ3n) is 7.11. The Balaban J connectivity index is 1.37. The van der Waals surface area contributed by atoms with Gasteiger partial charge in [-0.2, -0.15) is 0 Å². The van der Waals surface area contributed by atoms with Crippen LogP contribution in [0.25, 0.3) is 5.76 Å². The number of Topliss-reactive ketones (excluding diaryl/α,β-unsaturated/α-hetero) is 1. The van der Waals surface area contributed by atoms with Gasteiger partial charge in [0.1, 0.15) is 12.4 Å². The molecule has 1 fully saturated rings. The fourth-order valence-electron chi connectivity index (χ4n) is 4.86. The number of nitrogens with zero attached hydrogens (tertiary/aromatic N) is 4. The van der Waals surface area contributed by atoms with Crippen LogP contribution in [0.3, 0.4) is 0 Å². The van der Waals surface area contributed by atoms with Crippen LogP contribution in [-0.4, -0.2) is 39.1 Å². The van der Waals surface area contributed by atoms with E-state index >= 15 is 0 Å². The van der Waals surface area contributed by atoms with Crippen molar-refractivity contribution in [1.29, 1.82) is 0 Å². The summed E-state index contributed by atoms with van der Waals surface area (Å²) in [4.78, 5) is 32.5.